The molecule has 34 heavy (non-hydrogen) atoms. The van der Waals surface area contributed by atoms with Gasteiger partial charge < -0.3 is 19.0 Å². The van der Waals surface area contributed by atoms with Gasteiger partial charge in [-0.25, -0.2) is 0 Å². The molecule has 0 radical (unpaired) electrons. The van der Waals surface area contributed by atoms with E-state index in [9.17, 15) is 19.5 Å². The van der Waals surface area contributed by atoms with Crippen molar-refractivity contribution in [2.75, 3.05) is 14.2 Å². The number of esters is 1. The van der Waals surface area contributed by atoms with E-state index in [1.165, 1.54) is 19.2 Å². The minimum Gasteiger partial charge on any atom is -0.508 e. The summed E-state index contributed by atoms with van der Waals surface area (Å²) in [6, 6.07) is 9.61. The maximum absolute atomic E-state index is 13.8. The number of carbonyl (C=O) groups is 3. The summed E-state index contributed by atoms with van der Waals surface area (Å²) in [6.45, 7) is 8.81. The van der Waals surface area contributed by atoms with E-state index in [-0.39, 0.29) is 29.4 Å². The van der Waals surface area contributed by atoms with E-state index in [4.69, 9.17) is 9.47 Å². The van der Waals surface area contributed by atoms with Crippen molar-refractivity contribution >= 4 is 23.1 Å². The Morgan fingerprint density at radius 3 is 2.12 bits per heavy atom. The highest BCUT2D eigenvalue weighted by molar-refractivity contribution is 6.15. The van der Waals surface area contributed by atoms with Crippen LogP contribution in [0.4, 0.5) is 0 Å². The zero-order valence-corrected chi connectivity index (χ0v) is 20.7. The lowest BCUT2D eigenvalue weighted by Gasteiger charge is -2.24. The molecule has 0 atom stereocenters. The van der Waals surface area contributed by atoms with Crippen molar-refractivity contribution in [3.63, 3.8) is 0 Å². The summed E-state index contributed by atoms with van der Waals surface area (Å²) in [7, 11) is 2.85. The summed E-state index contributed by atoms with van der Waals surface area (Å²) in [5.74, 6) is -0.387. The van der Waals surface area contributed by atoms with E-state index in [0.29, 0.717) is 28.0 Å². The Morgan fingerprint density at radius 2 is 1.59 bits per heavy atom. The summed E-state index contributed by atoms with van der Waals surface area (Å²) in [5.41, 5.74) is 0.0675. The average Bonchev–Trinajstić information content (AvgIpc) is 3.08. The molecule has 0 unspecified atom stereocenters. The molecule has 7 nitrogen and oxygen atoms in total. The third kappa shape index (κ3) is 4.55. The highest BCUT2D eigenvalue weighted by Crippen LogP contribution is 2.37. The minimum atomic E-state index is -1.01. The van der Waals surface area contributed by atoms with Gasteiger partial charge in [0.1, 0.15) is 11.5 Å². The van der Waals surface area contributed by atoms with Crippen LogP contribution in [0.25, 0.3) is 5.52 Å². The normalized spacial score (nSPS) is 12.0. The molecule has 0 bridgehead atoms. The Morgan fingerprint density at radius 1 is 0.971 bits per heavy atom. The summed E-state index contributed by atoms with van der Waals surface area (Å²) < 4.78 is 11.8. The standard InChI is InChI=1S/C27H31NO6/c1-26(2,3)24(31)21-19(15-27(4,5)25(32)34-7)22(28-13-12-17(29)14-20(21)28)23(30)16-8-10-18(33-6)11-9-16/h8-14,29H,15H2,1-7H3. The van der Waals surface area contributed by atoms with Crippen LogP contribution in [0.15, 0.2) is 42.6 Å². The number of fused-ring (bicyclic) bond motifs is 1. The van der Waals surface area contributed by atoms with Crippen molar-refractivity contribution in [3.05, 3.63) is 65.0 Å². The maximum atomic E-state index is 13.8. The van der Waals surface area contributed by atoms with Crippen LogP contribution in [-0.2, 0) is 16.0 Å². The molecule has 1 N–H and O–H groups in total. The third-order valence-electron chi connectivity index (χ3n) is 5.86. The second-order valence-corrected chi connectivity index (χ2v) is 10.0. The van der Waals surface area contributed by atoms with Crippen molar-refractivity contribution in [3.8, 4) is 11.5 Å². The van der Waals surface area contributed by atoms with Gasteiger partial charge in [-0.15, -0.1) is 0 Å². The molecule has 0 fully saturated rings. The molecule has 1 aromatic carbocycles. The SMILES string of the molecule is COC(=O)C(C)(C)Cc1c(C(=O)C(C)(C)C)c2cc(O)ccn2c1C(=O)c1ccc(OC)cc1. The molecule has 0 aliphatic rings. The van der Waals surface area contributed by atoms with Crippen molar-refractivity contribution < 1.29 is 29.0 Å². The molecule has 0 aliphatic carbocycles. The fraction of sp³-hybridized carbons (Fsp3) is 0.370. The number of carbonyl (C=O) groups excluding carboxylic acids is 3. The van der Waals surface area contributed by atoms with Gasteiger partial charge >= 0.3 is 5.97 Å². The van der Waals surface area contributed by atoms with E-state index < -0.39 is 16.8 Å². The summed E-state index contributed by atoms with van der Waals surface area (Å²) in [5, 5.41) is 10.2. The number of aromatic hydroxyl groups is 1. The quantitative estimate of drug-likeness (QED) is 0.396. The van der Waals surface area contributed by atoms with E-state index in [0.717, 1.165) is 0 Å². The van der Waals surface area contributed by atoms with Gasteiger partial charge in [0, 0.05) is 28.8 Å². The number of benzene rings is 1. The number of ether oxygens (including phenoxy) is 2. The van der Waals surface area contributed by atoms with Crippen LogP contribution in [0.5, 0.6) is 11.5 Å². The van der Waals surface area contributed by atoms with Crippen LogP contribution in [0, 0.1) is 10.8 Å². The topological polar surface area (TPSA) is 94.3 Å². The van der Waals surface area contributed by atoms with Gasteiger partial charge in [-0.3, -0.25) is 14.4 Å². The predicted molar refractivity (Wildman–Crippen MR) is 129 cm³/mol. The van der Waals surface area contributed by atoms with Gasteiger partial charge in [-0.2, -0.15) is 0 Å². The number of pyridine rings is 1. The first kappa shape index (κ1) is 25.0. The first-order chi connectivity index (χ1) is 15.8. The summed E-state index contributed by atoms with van der Waals surface area (Å²) in [4.78, 5) is 40.0. The number of Topliss-reactive ketones (excluding diaryl/α,β-unsaturated/α-hetero) is 1. The molecular weight excluding hydrogens is 434 g/mol. The van der Waals surface area contributed by atoms with E-state index >= 15 is 0 Å². The molecule has 0 amide bonds. The molecule has 180 valence electrons. The highest BCUT2D eigenvalue weighted by Gasteiger charge is 2.38. The Balaban J connectivity index is 2.38. The second-order valence-electron chi connectivity index (χ2n) is 10.0. The molecule has 2 heterocycles. The fourth-order valence-electron chi connectivity index (χ4n) is 4.01. The number of nitrogens with zero attached hydrogens (tertiary/aromatic N) is 1. The molecule has 7 heteroatoms. The number of ketones is 2. The lowest BCUT2D eigenvalue weighted by molar-refractivity contribution is -0.150. The summed E-state index contributed by atoms with van der Waals surface area (Å²) in [6.07, 6.45) is 1.66. The van der Waals surface area contributed by atoms with Crippen LogP contribution < -0.4 is 4.74 Å². The van der Waals surface area contributed by atoms with Crippen molar-refractivity contribution in [1.82, 2.24) is 4.40 Å². The van der Waals surface area contributed by atoms with Crippen LogP contribution in [0.2, 0.25) is 0 Å². The number of hydrogen-bond donors (Lipinski definition) is 1. The van der Waals surface area contributed by atoms with Gasteiger partial charge in [-0.1, -0.05) is 20.8 Å². The van der Waals surface area contributed by atoms with E-state index in [2.05, 4.69) is 0 Å². The lowest BCUT2D eigenvalue weighted by Crippen LogP contribution is -2.30. The van der Waals surface area contributed by atoms with Crippen LogP contribution >= 0.6 is 0 Å². The van der Waals surface area contributed by atoms with Gasteiger partial charge in [0.05, 0.1) is 30.8 Å². The molecule has 0 saturated carbocycles. The molecule has 0 saturated heterocycles. The van der Waals surface area contributed by atoms with Gasteiger partial charge in [0.15, 0.2) is 5.78 Å². The highest BCUT2D eigenvalue weighted by atomic mass is 16.5. The van der Waals surface area contributed by atoms with E-state index in [1.54, 1.807) is 76.6 Å². The Bertz CT molecular complexity index is 1260. The Hall–Kier alpha value is -3.61. The third-order valence-corrected chi connectivity index (χ3v) is 5.86. The zero-order chi connectivity index (χ0) is 25.4. The maximum Gasteiger partial charge on any atom is 0.311 e. The first-order valence-corrected chi connectivity index (χ1v) is 11.0. The molecule has 2 aromatic heterocycles. The van der Waals surface area contributed by atoms with E-state index in [1.807, 2.05) is 0 Å². The summed E-state index contributed by atoms with van der Waals surface area (Å²) >= 11 is 0. The monoisotopic (exact) mass is 465 g/mol. The fourth-order valence-corrected chi connectivity index (χ4v) is 4.01. The van der Waals surface area contributed by atoms with Crippen molar-refractivity contribution in [2.45, 2.75) is 41.0 Å². The predicted octanol–water partition coefficient (Wildman–Crippen LogP) is 4.86. The van der Waals surface area contributed by atoms with Gasteiger partial charge in [-0.05, 0) is 56.2 Å². The van der Waals surface area contributed by atoms with Gasteiger partial charge in [0.25, 0.3) is 0 Å². The molecule has 0 spiro atoms. The largest absolute Gasteiger partial charge is 0.508 e. The minimum absolute atomic E-state index is 0.0322. The smallest absolute Gasteiger partial charge is 0.311 e. The average molecular weight is 466 g/mol. The number of methoxy groups -OCH3 is 2. The second kappa shape index (κ2) is 8.97. The van der Waals surface area contributed by atoms with Crippen LogP contribution in [-0.4, -0.2) is 41.3 Å². The first-order valence-electron chi connectivity index (χ1n) is 11.0. The zero-order valence-electron chi connectivity index (χ0n) is 20.7. The molecule has 0 aliphatic heterocycles. The lowest BCUT2D eigenvalue weighted by atomic mass is 9.79. The van der Waals surface area contributed by atoms with Crippen LogP contribution in [0.3, 0.4) is 0 Å². The molecular formula is C27H31NO6. The number of aromatic nitrogens is 1. The van der Waals surface area contributed by atoms with Crippen LogP contribution in [0.1, 0.15) is 66.6 Å². The molecule has 3 rings (SSSR count). The van der Waals surface area contributed by atoms with Crippen molar-refractivity contribution in [1.29, 1.82) is 0 Å². The Labute approximate surface area is 199 Å². The number of rotatable bonds is 7. The molecule has 3 aromatic rings. The van der Waals surface area contributed by atoms with Gasteiger partial charge in [0.2, 0.25) is 5.78 Å². The Kier molecular flexibility index (Phi) is 6.60. The van der Waals surface area contributed by atoms with Crippen molar-refractivity contribution in [2.24, 2.45) is 10.8 Å². The number of hydrogen-bond acceptors (Lipinski definition) is 6.